The van der Waals surface area contributed by atoms with Gasteiger partial charge in [0.2, 0.25) is 0 Å². The topological polar surface area (TPSA) is 141 Å². The van der Waals surface area contributed by atoms with Gasteiger partial charge in [-0.3, -0.25) is 14.8 Å². The molecular formula is C6H10N2O6. The number of hydroxylamine groups is 2. The van der Waals surface area contributed by atoms with E-state index < -0.39 is 36.9 Å². The summed E-state index contributed by atoms with van der Waals surface area (Å²) < 4.78 is 0. The number of amides is 1. The number of nitrogens with two attached hydrogens (primary N) is 1. The highest BCUT2D eigenvalue weighted by Gasteiger charge is 2.30. The largest absolute Gasteiger partial charge is 0.481 e. The quantitative estimate of drug-likeness (QED) is 0.303. The van der Waals surface area contributed by atoms with Crippen LogP contribution >= 0.6 is 0 Å². The van der Waals surface area contributed by atoms with Gasteiger partial charge in [0.1, 0.15) is 0 Å². The van der Waals surface area contributed by atoms with E-state index in [1.807, 2.05) is 0 Å². The van der Waals surface area contributed by atoms with Gasteiger partial charge in [-0.15, -0.1) is 0 Å². The predicted molar refractivity (Wildman–Crippen MR) is 41.4 cm³/mol. The number of hydrogen-bond donors (Lipinski definition) is 4. The molecule has 0 heterocycles. The summed E-state index contributed by atoms with van der Waals surface area (Å²) in [5.74, 6) is -4.11. The summed E-state index contributed by atoms with van der Waals surface area (Å²) in [6.45, 7) is -0.597. The van der Waals surface area contributed by atoms with Gasteiger partial charge in [-0.2, -0.15) is 0 Å². The number of carboxylic acids is 2. The van der Waals surface area contributed by atoms with Gasteiger partial charge >= 0.3 is 11.9 Å². The van der Waals surface area contributed by atoms with Crippen molar-refractivity contribution in [3.05, 3.63) is 0 Å². The predicted octanol–water partition coefficient (Wildman–Crippen LogP) is -1.91. The van der Waals surface area contributed by atoms with Crippen LogP contribution in [0.3, 0.4) is 0 Å². The maximum atomic E-state index is 10.7. The van der Waals surface area contributed by atoms with Crippen molar-refractivity contribution in [1.29, 1.82) is 0 Å². The third-order valence-corrected chi connectivity index (χ3v) is 1.38. The number of carbonyl (C=O) groups is 3. The van der Waals surface area contributed by atoms with E-state index in [-0.39, 0.29) is 5.06 Å². The van der Waals surface area contributed by atoms with Crippen LogP contribution in [0, 0.1) is 0 Å². The lowest BCUT2D eigenvalue weighted by Crippen LogP contribution is -2.46. The van der Waals surface area contributed by atoms with Gasteiger partial charge in [-0.05, 0) is 0 Å². The molecule has 1 atom stereocenters. The zero-order chi connectivity index (χ0) is 11.3. The maximum Gasteiger partial charge on any atom is 0.329 e. The highest BCUT2D eigenvalue weighted by Crippen LogP contribution is 2.02. The Hall–Kier alpha value is -1.67. The SMILES string of the molecule is NCC(=O)N(O)C(CC(=O)O)C(=O)O. The van der Waals surface area contributed by atoms with Crippen molar-refractivity contribution in [2.45, 2.75) is 12.5 Å². The molecule has 0 saturated heterocycles. The Balaban J connectivity index is 4.56. The molecule has 0 aliphatic carbocycles. The molecule has 1 unspecified atom stereocenters. The summed E-state index contributed by atoms with van der Waals surface area (Å²) in [6, 6.07) is -1.82. The molecule has 0 aromatic rings. The molecule has 0 aromatic carbocycles. The van der Waals surface area contributed by atoms with Gasteiger partial charge in [0.25, 0.3) is 5.91 Å². The van der Waals surface area contributed by atoms with E-state index in [2.05, 4.69) is 0 Å². The Morgan fingerprint density at radius 3 is 2.07 bits per heavy atom. The van der Waals surface area contributed by atoms with Crippen LogP contribution in [-0.4, -0.2) is 50.9 Å². The summed E-state index contributed by atoms with van der Waals surface area (Å²) in [5, 5.41) is 25.5. The molecule has 0 spiro atoms. The van der Waals surface area contributed by atoms with E-state index in [4.69, 9.17) is 21.2 Å². The van der Waals surface area contributed by atoms with Crippen LogP contribution in [0.15, 0.2) is 0 Å². The lowest BCUT2D eigenvalue weighted by Gasteiger charge is -2.20. The zero-order valence-electron chi connectivity index (χ0n) is 7.08. The number of carbonyl (C=O) groups excluding carboxylic acids is 1. The van der Waals surface area contributed by atoms with Gasteiger partial charge in [-0.1, -0.05) is 0 Å². The van der Waals surface area contributed by atoms with Crippen molar-refractivity contribution in [3.63, 3.8) is 0 Å². The average Bonchev–Trinajstić information content (AvgIpc) is 2.11. The second-order valence-electron chi connectivity index (χ2n) is 2.39. The van der Waals surface area contributed by atoms with Crippen molar-refractivity contribution < 1.29 is 29.8 Å². The molecule has 1 amide bonds. The van der Waals surface area contributed by atoms with Crippen LogP contribution in [0.4, 0.5) is 0 Å². The number of rotatable bonds is 5. The molecule has 0 fully saturated rings. The number of nitrogens with zero attached hydrogens (tertiary/aromatic N) is 1. The minimum atomic E-state index is -1.82. The minimum absolute atomic E-state index is 0.184. The minimum Gasteiger partial charge on any atom is -0.481 e. The molecule has 0 bridgehead atoms. The Morgan fingerprint density at radius 1 is 1.29 bits per heavy atom. The summed E-state index contributed by atoms with van der Waals surface area (Å²) >= 11 is 0. The van der Waals surface area contributed by atoms with Crippen molar-refractivity contribution in [2.24, 2.45) is 5.73 Å². The molecule has 8 heteroatoms. The molecule has 0 aromatic heterocycles. The van der Waals surface area contributed by atoms with Crippen molar-refractivity contribution in [3.8, 4) is 0 Å². The second kappa shape index (κ2) is 5.14. The molecule has 0 saturated carbocycles. The highest BCUT2D eigenvalue weighted by atomic mass is 16.5. The number of aliphatic carboxylic acids is 2. The fourth-order valence-corrected chi connectivity index (χ4v) is 0.711. The summed E-state index contributed by atoms with van der Waals surface area (Å²) in [7, 11) is 0. The number of hydrogen-bond acceptors (Lipinski definition) is 5. The lowest BCUT2D eigenvalue weighted by atomic mass is 10.2. The first-order valence-electron chi connectivity index (χ1n) is 3.55. The van der Waals surface area contributed by atoms with Gasteiger partial charge in [0.05, 0.1) is 13.0 Å². The molecule has 0 rings (SSSR count). The van der Waals surface area contributed by atoms with Crippen LogP contribution < -0.4 is 5.73 Å². The molecule has 80 valence electrons. The Labute approximate surface area is 78.5 Å². The normalized spacial score (nSPS) is 11.9. The van der Waals surface area contributed by atoms with Gasteiger partial charge in [0.15, 0.2) is 6.04 Å². The van der Waals surface area contributed by atoms with E-state index in [9.17, 15) is 14.4 Å². The number of carboxylic acid groups (broad SMARTS) is 2. The Kier molecular flexibility index (Phi) is 4.53. The molecular weight excluding hydrogens is 196 g/mol. The standard InChI is InChI=1S/C6H10N2O6/c7-2-4(9)8(14)3(6(12)13)1-5(10)11/h3,14H,1-2,7H2,(H,10,11)(H,12,13). The van der Waals surface area contributed by atoms with Crippen LogP contribution in [-0.2, 0) is 14.4 Å². The van der Waals surface area contributed by atoms with Crippen molar-refractivity contribution in [1.82, 2.24) is 5.06 Å². The van der Waals surface area contributed by atoms with E-state index in [0.717, 1.165) is 0 Å². The van der Waals surface area contributed by atoms with Crippen molar-refractivity contribution >= 4 is 17.8 Å². The van der Waals surface area contributed by atoms with Gasteiger partial charge in [-0.25, -0.2) is 9.86 Å². The monoisotopic (exact) mass is 206 g/mol. The van der Waals surface area contributed by atoms with E-state index in [1.54, 1.807) is 0 Å². The fraction of sp³-hybridized carbons (Fsp3) is 0.500. The van der Waals surface area contributed by atoms with Crippen LogP contribution in [0.25, 0.3) is 0 Å². The molecule has 0 aliphatic rings. The fourth-order valence-electron chi connectivity index (χ4n) is 0.711. The zero-order valence-corrected chi connectivity index (χ0v) is 7.08. The first-order valence-corrected chi connectivity index (χ1v) is 3.55. The first-order chi connectivity index (χ1) is 6.40. The molecule has 8 nitrogen and oxygen atoms in total. The van der Waals surface area contributed by atoms with Crippen LogP contribution in [0.5, 0.6) is 0 Å². The second-order valence-corrected chi connectivity index (χ2v) is 2.39. The maximum absolute atomic E-state index is 10.7. The van der Waals surface area contributed by atoms with Gasteiger partial charge < -0.3 is 15.9 Å². The Bertz CT molecular complexity index is 253. The lowest BCUT2D eigenvalue weighted by molar-refractivity contribution is -0.187. The molecule has 0 radical (unpaired) electrons. The highest BCUT2D eigenvalue weighted by molar-refractivity contribution is 5.86. The summed E-state index contributed by atoms with van der Waals surface area (Å²) in [4.78, 5) is 31.4. The van der Waals surface area contributed by atoms with E-state index >= 15 is 0 Å². The van der Waals surface area contributed by atoms with Gasteiger partial charge in [0, 0.05) is 0 Å². The van der Waals surface area contributed by atoms with Crippen LogP contribution in [0.2, 0.25) is 0 Å². The molecule has 14 heavy (non-hydrogen) atoms. The average molecular weight is 206 g/mol. The van der Waals surface area contributed by atoms with E-state index in [1.165, 1.54) is 0 Å². The third kappa shape index (κ3) is 3.37. The van der Waals surface area contributed by atoms with Crippen molar-refractivity contribution in [2.75, 3.05) is 6.54 Å². The Morgan fingerprint density at radius 2 is 1.79 bits per heavy atom. The molecule has 5 N–H and O–H groups in total. The first kappa shape index (κ1) is 12.3. The summed E-state index contributed by atoms with van der Waals surface area (Å²) in [6.07, 6.45) is -0.891. The van der Waals surface area contributed by atoms with E-state index in [0.29, 0.717) is 0 Å². The third-order valence-electron chi connectivity index (χ3n) is 1.38. The summed E-state index contributed by atoms with van der Waals surface area (Å²) in [5.41, 5.74) is 4.85. The van der Waals surface area contributed by atoms with Crippen LogP contribution in [0.1, 0.15) is 6.42 Å². The molecule has 0 aliphatic heterocycles. The smallest absolute Gasteiger partial charge is 0.329 e.